The van der Waals surface area contributed by atoms with Crippen molar-refractivity contribution in [2.75, 3.05) is 0 Å². The Labute approximate surface area is 136 Å². The molecule has 3 aromatic rings. The van der Waals surface area contributed by atoms with Crippen molar-refractivity contribution < 1.29 is 14.3 Å². The molecule has 0 aliphatic heterocycles. The Kier molecular flexibility index (Phi) is 3.99. The summed E-state index contributed by atoms with van der Waals surface area (Å²) < 4.78 is 6.59. The van der Waals surface area contributed by atoms with Crippen molar-refractivity contribution in [3.63, 3.8) is 0 Å². The molecule has 0 radical (unpaired) electrons. The first kappa shape index (κ1) is 15.7. The number of hydrogen-bond acceptors (Lipinski definition) is 5. The number of Topliss-reactive ketones (excluding diaryl/α,β-unsaturated/α-hetero) is 1. The monoisotopic (exact) mass is 325 g/mol. The Hall–Kier alpha value is -3.22. The molecule has 0 spiro atoms. The number of ketones is 1. The summed E-state index contributed by atoms with van der Waals surface area (Å²) in [7, 11) is 0. The topological polar surface area (TPSA) is 93.5 Å². The summed E-state index contributed by atoms with van der Waals surface area (Å²) in [6, 6.07) is 6.37. The van der Waals surface area contributed by atoms with Gasteiger partial charge in [0.05, 0.1) is 5.69 Å². The number of nitrogens with zero attached hydrogens (tertiary/aromatic N) is 2. The van der Waals surface area contributed by atoms with Crippen molar-refractivity contribution in [1.29, 1.82) is 0 Å². The average molecular weight is 325 g/mol. The molecule has 0 unspecified atom stereocenters. The molecule has 1 N–H and O–H groups in total. The molecule has 122 valence electrons. The van der Waals surface area contributed by atoms with Crippen LogP contribution in [0.5, 0.6) is 0 Å². The second-order valence-corrected chi connectivity index (χ2v) is 5.40. The molecule has 0 saturated heterocycles. The number of carbonyl (C=O) groups excluding carboxylic acids is 2. The number of pyridine rings is 1. The lowest BCUT2D eigenvalue weighted by Gasteiger charge is -2.06. The van der Waals surface area contributed by atoms with Gasteiger partial charge in [-0.25, -0.2) is 9.78 Å². The first-order valence-electron chi connectivity index (χ1n) is 7.30. The summed E-state index contributed by atoms with van der Waals surface area (Å²) in [4.78, 5) is 42.4. The van der Waals surface area contributed by atoms with Crippen LogP contribution in [-0.4, -0.2) is 26.1 Å². The van der Waals surface area contributed by atoms with Crippen LogP contribution in [0, 0.1) is 6.92 Å². The maximum atomic E-state index is 12.1. The Morgan fingerprint density at radius 3 is 2.83 bits per heavy atom. The first-order valence-corrected chi connectivity index (χ1v) is 7.30. The van der Waals surface area contributed by atoms with E-state index in [4.69, 9.17) is 4.74 Å². The highest BCUT2D eigenvalue weighted by atomic mass is 16.5. The van der Waals surface area contributed by atoms with Crippen LogP contribution in [0.3, 0.4) is 0 Å². The third-order valence-electron chi connectivity index (χ3n) is 3.60. The Morgan fingerprint density at radius 2 is 2.12 bits per heavy atom. The van der Waals surface area contributed by atoms with Crippen molar-refractivity contribution in [1.82, 2.24) is 14.4 Å². The van der Waals surface area contributed by atoms with E-state index in [1.807, 2.05) is 13.0 Å². The van der Waals surface area contributed by atoms with Crippen LogP contribution in [0.2, 0.25) is 0 Å². The van der Waals surface area contributed by atoms with E-state index < -0.39 is 5.97 Å². The van der Waals surface area contributed by atoms with E-state index in [1.54, 1.807) is 12.3 Å². The zero-order chi connectivity index (χ0) is 17.3. The quantitative estimate of drug-likeness (QED) is 0.584. The molecule has 0 aliphatic carbocycles. The lowest BCUT2D eigenvalue weighted by Crippen LogP contribution is -2.17. The molecule has 0 amide bonds. The molecule has 0 aliphatic rings. The number of nitrogens with one attached hydrogen (secondary N) is 1. The number of rotatable bonds is 4. The van der Waals surface area contributed by atoms with E-state index in [9.17, 15) is 14.4 Å². The maximum absolute atomic E-state index is 12.1. The number of fused-ring (bicyclic) bond motifs is 1. The van der Waals surface area contributed by atoms with Crippen LogP contribution < -0.4 is 5.56 Å². The van der Waals surface area contributed by atoms with Gasteiger partial charge in [-0.1, -0.05) is 6.07 Å². The predicted octanol–water partition coefficient (Wildman–Crippen LogP) is 1.89. The third kappa shape index (κ3) is 2.96. The van der Waals surface area contributed by atoms with Gasteiger partial charge in [0.15, 0.2) is 5.78 Å². The van der Waals surface area contributed by atoms with Gasteiger partial charge >= 0.3 is 5.97 Å². The van der Waals surface area contributed by atoms with Crippen molar-refractivity contribution in [3.8, 4) is 0 Å². The molecular weight excluding hydrogens is 310 g/mol. The molecule has 24 heavy (non-hydrogen) atoms. The van der Waals surface area contributed by atoms with Gasteiger partial charge in [0, 0.05) is 24.0 Å². The van der Waals surface area contributed by atoms with E-state index in [0.717, 1.165) is 5.56 Å². The molecule has 0 aromatic carbocycles. The SMILES string of the molecule is CC(=O)c1c[nH]c(C(=O)OCc2cc(=O)n3cccc(C)c3n2)c1. The third-order valence-corrected chi connectivity index (χ3v) is 3.60. The standard InChI is InChI=1S/C17H15N3O4/c1-10-4-3-5-20-15(22)7-13(19-16(10)20)9-24-17(23)14-6-12(8-18-14)11(2)21/h3-8,18H,9H2,1-2H3. The molecule has 0 bridgehead atoms. The fourth-order valence-corrected chi connectivity index (χ4v) is 2.32. The van der Waals surface area contributed by atoms with E-state index in [1.165, 1.54) is 29.7 Å². The van der Waals surface area contributed by atoms with Crippen molar-refractivity contribution >= 4 is 17.4 Å². The van der Waals surface area contributed by atoms with Crippen LogP contribution in [-0.2, 0) is 11.3 Å². The first-order chi connectivity index (χ1) is 11.5. The largest absolute Gasteiger partial charge is 0.455 e. The highest BCUT2D eigenvalue weighted by Gasteiger charge is 2.13. The maximum Gasteiger partial charge on any atom is 0.355 e. The Morgan fingerprint density at radius 1 is 1.33 bits per heavy atom. The minimum atomic E-state index is -0.616. The molecule has 7 nitrogen and oxygen atoms in total. The van der Waals surface area contributed by atoms with Crippen LogP contribution in [0.1, 0.15) is 39.0 Å². The van der Waals surface area contributed by atoms with Crippen LogP contribution in [0.4, 0.5) is 0 Å². The molecular formula is C17H15N3O4. The minimum absolute atomic E-state index is 0.132. The second kappa shape index (κ2) is 6.11. The second-order valence-electron chi connectivity index (χ2n) is 5.40. The number of esters is 1. The van der Waals surface area contributed by atoms with Crippen LogP contribution in [0.15, 0.2) is 41.5 Å². The van der Waals surface area contributed by atoms with E-state index >= 15 is 0 Å². The molecule has 0 saturated carbocycles. The van der Waals surface area contributed by atoms with Crippen LogP contribution >= 0.6 is 0 Å². The summed E-state index contributed by atoms with van der Waals surface area (Å²) in [5.74, 6) is -0.765. The summed E-state index contributed by atoms with van der Waals surface area (Å²) in [6.45, 7) is 3.13. The highest BCUT2D eigenvalue weighted by molar-refractivity contribution is 5.97. The van der Waals surface area contributed by atoms with Gasteiger partial charge < -0.3 is 9.72 Å². The molecule has 0 fully saturated rings. The number of ether oxygens (including phenoxy) is 1. The number of H-pyrrole nitrogens is 1. The number of aryl methyl sites for hydroxylation is 1. The Bertz CT molecular complexity index is 1000. The summed E-state index contributed by atoms with van der Waals surface area (Å²) in [5.41, 5.74) is 2.07. The zero-order valence-electron chi connectivity index (χ0n) is 13.2. The zero-order valence-corrected chi connectivity index (χ0v) is 13.2. The van der Waals surface area contributed by atoms with Gasteiger partial charge in [-0.15, -0.1) is 0 Å². The smallest absolute Gasteiger partial charge is 0.355 e. The average Bonchev–Trinajstić information content (AvgIpc) is 3.04. The van der Waals surface area contributed by atoms with Gasteiger partial charge in [0.1, 0.15) is 17.9 Å². The minimum Gasteiger partial charge on any atom is -0.455 e. The molecule has 3 heterocycles. The summed E-state index contributed by atoms with van der Waals surface area (Å²) >= 11 is 0. The molecule has 7 heteroatoms. The lowest BCUT2D eigenvalue weighted by molar-refractivity contribution is 0.0461. The normalized spacial score (nSPS) is 10.8. The van der Waals surface area contributed by atoms with Crippen LogP contribution in [0.25, 0.3) is 5.65 Å². The number of hydrogen-bond donors (Lipinski definition) is 1. The van der Waals surface area contributed by atoms with E-state index in [2.05, 4.69) is 9.97 Å². The molecule has 3 rings (SSSR count). The fourth-order valence-electron chi connectivity index (χ4n) is 2.32. The fraction of sp³-hybridized carbons (Fsp3) is 0.176. The predicted molar refractivity (Wildman–Crippen MR) is 86.1 cm³/mol. The summed E-state index contributed by atoms with van der Waals surface area (Å²) in [5, 5.41) is 0. The van der Waals surface area contributed by atoms with Gasteiger partial charge in [0.25, 0.3) is 5.56 Å². The molecule has 0 atom stereocenters. The van der Waals surface area contributed by atoms with Gasteiger partial charge in [0.2, 0.25) is 0 Å². The number of carbonyl (C=O) groups is 2. The molecule has 3 aromatic heterocycles. The van der Waals surface area contributed by atoms with Gasteiger partial charge in [-0.05, 0) is 31.5 Å². The van der Waals surface area contributed by atoms with Gasteiger partial charge in [-0.2, -0.15) is 0 Å². The summed E-state index contributed by atoms with van der Waals surface area (Å²) in [6.07, 6.45) is 3.08. The van der Waals surface area contributed by atoms with Gasteiger partial charge in [-0.3, -0.25) is 14.0 Å². The highest BCUT2D eigenvalue weighted by Crippen LogP contribution is 2.09. The van der Waals surface area contributed by atoms with Crippen molar-refractivity contribution in [3.05, 3.63) is 69.5 Å². The van der Waals surface area contributed by atoms with Crippen molar-refractivity contribution in [2.24, 2.45) is 0 Å². The van der Waals surface area contributed by atoms with Crippen molar-refractivity contribution in [2.45, 2.75) is 20.5 Å². The van der Waals surface area contributed by atoms with E-state index in [-0.39, 0.29) is 23.6 Å². The van der Waals surface area contributed by atoms with E-state index in [0.29, 0.717) is 16.9 Å². The Balaban J connectivity index is 1.80. The number of aromatic nitrogens is 3. The number of aromatic amines is 1. The lowest BCUT2D eigenvalue weighted by atomic mass is 10.2.